The van der Waals surface area contributed by atoms with E-state index < -0.39 is 0 Å². The topological polar surface area (TPSA) is 56.3 Å². The monoisotopic (exact) mass is 286 g/mol. The SMILES string of the molecule is Cc1ccc2cc(C(=O)N3CCCC(C(C)O)C3)[nH]c2c1. The lowest BCUT2D eigenvalue weighted by Crippen LogP contribution is -2.43. The average Bonchev–Trinajstić information content (AvgIpc) is 2.89. The molecule has 0 spiro atoms. The van der Waals surface area contributed by atoms with Gasteiger partial charge in [-0.1, -0.05) is 12.1 Å². The fraction of sp³-hybridized carbons (Fsp3) is 0.471. The molecule has 3 rings (SSSR count). The van der Waals surface area contributed by atoms with Gasteiger partial charge in [0.25, 0.3) is 5.91 Å². The summed E-state index contributed by atoms with van der Waals surface area (Å²) in [5.74, 6) is 0.225. The van der Waals surface area contributed by atoms with Crippen LogP contribution in [-0.2, 0) is 0 Å². The highest BCUT2D eigenvalue weighted by Gasteiger charge is 2.27. The zero-order valence-corrected chi connectivity index (χ0v) is 12.6. The summed E-state index contributed by atoms with van der Waals surface area (Å²) in [5.41, 5.74) is 2.82. The van der Waals surface area contributed by atoms with Crippen LogP contribution >= 0.6 is 0 Å². The average molecular weight is 286 g/mol. The third-order valence-electron chi connectivity index (χ3n) is 4.44. The van der Waals surface area contributed by atoms with Crippen molar-refractivity contribution < 1.29 is 9.90 Å². The summed E-state index contributed by atoms with van der Waals surface area (Å²) in [6.07, 6.45) is 1.60. The number of rotatable bonds is 2. The Bertz CT molecular complexity index is 660. The minimum Gasteiger partial charge on any atom is -0.393 e. The number of fused-ring (bicyclic) bond motifs is 1. The molecule has 0 aliphatic carbocycles. The summed E-state index contributed by atoms with van der Waals surface area (Å²) in [6.45, 7) is 5.27. The number of aromatic amines is 1. The summed E-state index contributed by atoms with van der Waals surface area (Å²) in [5, 5.41) is 10.8. The fourth-order valence-electron chi connectivity index (χ4n) is 3.11. The van der Waals surface area contributed by atoms with Gasteiger partial charge in [0.2, 0.25) is 0 Å². The highest BCUT2D eigenvalue weighted by Crippen LogP contribution is 2.23. The number of hydrogen-bond donors (Lipinski definition) is 2. The second-order valence-corrected chi connectivity index (χ2v) is 6.17. The first kappa shape index (κ1) is 14.1. The first-order valence-electron chi connectivity index (χ1n) is 7.61. The van der Waals surface area contributed by atoms with E-state index in [9.17, 15) is 9.90 Å². The van der Waals surface area contributed by atoms with Crippen LogP contribution in [0.4, 0.5) is 0 Å². The smallest absolute Gasteiger partial charge is 0.270 e. The van der Waals surface area contributed by atoms with Crippen LogP contribution in [0, 0.1) is 12.8 Å². The Hall–Kier alpha value is -1.81. The lowest BCUT2D eigenvalue weighted by atomic mass is 9.93. The van der Waals surface area contributed by atoms with E-state index in [1.54, 1.807) is 0 Å². The number of aryl methyl sites for hydroxylation is 1. The molecule has 112 valence electrons. The molecule has 0 radical (unpaired) electrons. The van der Waals surface area contributed by atoms with Crippen LogP contribution in [0.1, 0.15) is 35.8 Å². The van der Waals surface area contributed by atoms with Gasteiger partial charge in [-0.2, -0.15) is 0 Å². The maximum absolute atomic E-state index is 12.6. The Balaban J connectivity index is 1.82. The fourth-order valence-corrected chi connectivity index (χ4v) is 3.11. The minimum atomic E-state index is -0.356. The highest BCUT2D eigenvalue weighted by molar-refractivity contribution is 5.98. The van der Waals surface area contributed by atoms with Gasteiger partial charge in [-0.3, -0.25) is 4.79 Å². The van der Waals surface area contributed by atoms with Crippen molar-refractivity contribution in [2.45, 2.75) is 32.8 Å². The van der Waals surface area contributed by atoms with E-state index in [-0.39, 0.29) is 17.9 Å². The number of nitrogens with zero attached hydrogens (tertiary/aromatic N) is 1. The second kappa shape index (κ2) is 5.53. The van der Waals surface area contributed by atoms with Gasteiger partial charge in [0, 0.05) is 29.9 Å². The molecule has 2 N–H and O–H groups in total. The quantitative estimate of drug-likeness (QED) is 0.892. The standard InChI is InChI=1S/C17H22N2O2/c1-11-5-6-13-9-16(18-15(13)8-11)17(21)19-7-3-4-14(10-19)12(2)20/h5-6,8-9,12,14,18,20H,3-4,7,10H2,1-2H3. The van der Waals surface area contributed by atoms with Crippen molar-refractivity contribution in [2.24, 2.45) is 5.92 Å². The lowest BCUT2D eigenvalue weighted by molar-refractivity contribution is 0.0462. The van der Waals surface area contributed by atoms with Crippen molar-refractivity contribution in [1.82, 2.24) is 9.88 Å². The van der Waals surface area contributed by atoms with Crippen LogP contribution in [0.2, 0.25) is 0 Å². The van der Waals surface area contributed by atoms with E-state index in [1.807, 2.05) is 30.9 Å². The number of H-pyrrole nitrogens is 1. The van der Waals surface area contributed by atoms with Gasteiger partial charge in [-0.25, -0.2) is 0 Å². The summed E-state index contributed by atoms with van der Waals surface area (Å²) < 4.78 is 0. The number of hydrogen-bond acceptors (Lipinski definition) is 2. The molecule has 1 aliphatic rings. The van der Waals surface area contributed by atoms with Gasteiger partial charge in [0.15, 0.2) is 0 Å². The van der Waals surface area contributed by atoms with Gasteiger partial charge in [-0.05, 0) is 44.4 Å². The predicted molar refractivity (Wildman–Crippen MR) is 83.3 cm³/mol. The van der Waals surface area contributed by atoms with Crippen molar-refractivity contribution in [1.29, 1.82) is 0 Å². The van der Waals surface area contributed by atoms with Crippen molar-refractivity contribution in [3.8, 4) is 0 Å². The largest absolute Gasteiger partial charge is 0.393 e. The normalized spacial score (nSPS) is 20.7. The molecule has 1 aromatic carbocycles. The van der Waals surface area contributed by atoms with E-state index in [1.165, 1.54) is 5.56 Å². The Morgan fingerprint density at radius 2 is 2.24 bits per heavy atom. The van der Waals surface area contributed by atoms with Crippen molar-refractivity contribution in [2.75, 3.05) is 13.1 Å². The van der Waals surface area contributed by atoms with Crippen molar-refractivity contribution in [3.63, 3.8) is 0 Å². The van der Waals surface area contributed by atoms with E-state index in [4.69, 9.17) is 0 Å². The Morgan fingerprint density at radius 1 is 1.43 bits per heavy atom. The van der Waals surface area contributed by atoms with Crippen LogP contribution in [0.15, 0.2) is 24.3 Å². The van der Waals surface area contributed by atoms with Crippen molar-refractivity contribution in [3.05, 3.63) is 35.5 Å². The molecule has 4 nitrogen and oxygen atoms in total. The number of carbonyl (C=O) groups excluding carboxylic acids is 1. The minimum absolute atomic E-state index is 0.0363. The highest BCUT2D eigenvalue weighted by atomic mass is 16.3. The molecular weight excluding hydrogens is 264 g/mol. The van der Waals surface area contributed by atoms with Gasteiger partial charge in [-0.15, -0.1) is 0 Å². The number of benzene rings is 1. The second-order valence-electron chi connectivity index (χ2n) is 6.17. The molecule has 1 saturated heterocycles. The third kappa shape index (κ3) is 2.81. The number of nitrogens with one attached hydrogen (secondary N) is 1. The number of likely N-dealkylation sites (tertiary alicyclic amines) is 1. The van der Waals surface area contributed by atoms with Crippen LogP contribution in [0.5, 0.6) is 0 Å². The predicted octanol–water partition coefficient (Wildman–Crippen LogP) is 2.71. The molecule has 4 heteroatoms. The Kier molecular flexibility index (Phi) is 3.72. The molecule has 0 saturated carbocycles. The molecule has 0 bridgehead atoms. The zero-order chi connectivity index (χ0) is 15.0. The van der Waals surface area contributed by atoms with E-state index in [0.717, 1.165) is 30.3 Å². The molecule has 1 aromatic heterocycles. The molecule has 2 aromatic rings. The maximum Gasteiger partial charge on any atom is 0.270 e. The van der Waals surface area contributed by atoms with Crippen LogP contribution in [0.3, 0.4) is 0 Å². The molecular formula is C17H22N2O2. The van der Waals surface area contributed by atoms with Gasteiger partial charge < -0.3 is 15.0 Å². The molecule has 21 heavy (non-hydrogen) atoms. The first-order chi connectivity index (χ1) is 10.0. The Morgan fingerprint density at radius 3 is 3.00 bits per heavy atom. The molecule has 1 aliphatic heterocycles. The van der Waals surface area contributed by atoms with Crippen LogP contribution in [0.25, 0.3) is 10.9 Å². The molecule has 2 heterocycles. The molecule has 2 unspecified atom stereocenters. The molecule has 1 amide bonds. The first-order valence-corrected chi connectivity index (χ1v) is 7.61. The van der Waals surface area contributed by atoms with Crippen molar-refractivity contribution >= 4 is 16.8 Å². The van der Waals surface area contributed by atoms with Gasteiger partial charge in [0.05, 0.1) is 6.10 Å². The third-order valence-corrected chi connectivity index (χ3v) is 4.44. The molecule has 2 atom stereocenters. The van der Waals surface area contributed by atoms with Crippen LogP contribution < -0.4 is 0 Å². The number of aromatic nitrogens is 1. The number of aliphatic hydroxyl groups is 1. The summed E-state index contributed by atoms with van der Waals surface area (Å²) >= 11 is 0. The summed E-state index contributed by atoms with van der Waals surface area (Å²) in [4.78, 5) is 17.7. The van der Waals surface area contributed by atoms with E-state index >= 15 is 0 Å². The number of aliphatic hydroxyl groups excluding tert-OH is 1. The van der Waals surface area contributed by atoms with Gasteiger partial charge >= 0.3 is 0 Å². The molecule has 1 fully saturated rings. The van der Waals surface area contributed by atoms with Gasteiger partial charge in [0.1, 0.15) is 5.69 Å². The lowest BCUT2D eigenvalue weighted by Gasteiger charge is -2.33. The number of amides is 1. The van der Waals surface area contributed by atoms with Crippen LogP contribution in [-0.4, -0.2) is 40.1 Å². The van der Waals surface area contributed by atoms with E-state index in [0.29, 0.717) is 12.2 Å². The van der Waals surface area contributed by atoms with E-state index in [2.05, 4.69) is 17.1 Å². The maximum atomic E-state index is 12.6. The number of piperidine rings is 1. The number of carbonyl (C=O) groups is 1. The summed E-state index contributed by atoms with van der Waals surface area (Å²) in [6, 6.07) is 8.06. The Labute approximate surface area is 124 Å². The zero-order valence-electron chi connectivity index (χ0n) is 12.6. The summed E-state index contributed by atoms with van der Waals surface area (Å²) in [7, 11) is 0.